The third-order valence-corrected chi connectivity index (χ3v) is 1.99. The number of nitrogens with zero attached hydrogens (tertiary/aromatic N) is 1. The summed E-state index contributed by atoms with van der Waals surface area (Å²) in [5, 5.41) is 3.72. The van der Waals surface area contributed by atoms with Gasteiger partial charge < -0.3 is 5.32 Å². The Kier molecular flexibility index (Phi) is 4.02. The van der Waals surface area contributed by atoms with Gasteiger partial charge in [0.2, 0.25) is 5.91 Å². The maximum absolute atomic E-state index is 11.7. The standard InChI is InChI=1S/C11H14N2O3/c1-8(14)12-10-6-4-5-9(7-10)11(15)13(2)16-3/h4-7H,1-3H3,(H,12,14). The quantitative estimate of drug-likeness (QED) is 0.784. The Morgan fingerprint density at radius 2 is 2.06 bits per heavy atom. The molecule has 1 aromatic carbocycles. The zero-order valence-electron chi connectivity index (χ0n) is 9.48. The van der Waals surface area contributed by atoms with Crippen LogP contribution in [0.5, 0.6) is 0 Å². The summed E-state index contributed by atoms with van der Waals surface area (Å²) in [6.45, 7) is 1.41. The Hall–Kier alpha value is -1.88. The van der Waals surface area contributed by atoms with Gasteiger partial charge in [-0.15, -0.1) is 0 Å². The average molecular weight is 222 g/mol. The summed E-state index contributed by atoms with van der Waals surface area (Å²) in [6.07, 6.45) is 0. The van der Waals surface area contributed by atoms with Crippen LogP contribution in [0.4, 0.5) is 5.69 Å². The fourth-order valence-electron chi connectivity index (χ4n) is 1.20. The largest absolute Gasteiger partial charge is 0.326 e. The van der Waals surface area contributed by atoms with Crippen LogP contribution in [0.1, 0.15) is 17.3 Å². The van der Waals surface area contributed by atoms with Crippen LogP contribution in [0.2, 0.25) is 0 Å². The molecule has 0 fully saturated rings. The number of nitrogens with one attached hydrogen (secondary N) is 1. The minimum atomic E-state index is -0.269. The molecule has 2 amide bonds. The van der Waals surface area contributed by atoms with E-state index >= 15 is 0 Å². The molecule has 1 N–H and O–H groups in total. The molecular formula is C11H14N2O3. The Bertz CT molecular complexity index is 404. The van der Waals surface area contributed by atoms with Gasteiger partial charge in [0.25, 0.3) is 5.91 Å². The van der Waals surface area contributed by atoms with Crippen LogP contribution in [-0.2, 0) is 9.63 Å². The second-order valence-electron chi connectivity index (χ2n) is 3.25. The van der Waals surface area contributed by atoms with Crippen LogP contribution in [-0.4, -0.2) is 31.0 Å². The number of anilines is 1. The second kappa shape index (κ2) is 5.27. The summed E-state index contributed by atoms with van der Waals surface area (Å²) in [5.74, 6) is -0.445. The molecule has 0 bridgehead atoms. The molecule has 16 heavy (non-hydrogen) atoms. The summed E-state index contributed by atoms with van der Waals surface area (Å²) in [7, 11) is 2.93. The summed E-state index contributed by atoms with van der Waals surface area (Å²) in [6, 6.07) is 6.66. The minimum Gasteiger partial charge on any atom is -0.326 e. The van der Waals surface area contributed by atoms with Crippen molar-refractivity contribution in [1.82, 2.24) is 5.06 Å². The first-order chi connectivity index (χ1) is 7.54. The van der Waals surface area contributed by atoms with Gasteiger partial charge in [0.05, 0.1) is 7.11 Å². The van der Waals surface area contributed by atoms with Gasteiger partial charge in [-0.3, -0.25) is 14.4 Å². The smallest absolute Gasteiger partial charge is 0.277 e. The second-order valence-corrected chi connectivity index (χ2v) is 3.25. The zero-order chi connectivity index (χ0) is 12.1. The van der Waals surface area contributed by atoms with Gasteiger partial charge >= 0.3 is 0 Å². The van der Waals surface area contributed by atoms with E-state index in [1.165, 1.54) is 21.1 Å². The van der Waals surface area contributed by atoms with Crippen molar-refractivity contribution in [3.63, 3.8) is 0 Å². The molecule has 0 heterocycles. The molecule has 0 aliphatic carbocycles. The number of benzene rings is 1. The van der Waals surface area contributed by atoms with E-state index in [0.717, 1.165) is 5.06 Å². The van der Waals surface area contributed by atoms with Gasteiger partial charge in [0, 0.05) is 25.2 Å². The van der Waals surface area contributed by atoms with Crippen molar-refractivity contribution in [2.45, 2.75) is 6.92 Å². The SMILES string of the molecule is CON(C)C(=O)c1cccc(NC(C)=O)c1. The molecule has 0 atom stereocenters. The van der Waals surface area contributed by atoms with E-state index in [1.54, 1.807) is 24.3 Å². The van der Waals surface area contributed by atoms with Crippen LogP contribution in [0, 0.1) is 0 Å². The molecule has 5 nitrogen and oxygen atoms in total. The number of hydroxylamine groups is 2. The third kappa shape index (κ3) is 3.06. The lowest BCUT2D eigenvalue weighted by Crippen LogP contribution is -2.25. The van der Waals surface area contributed by atoms with E-state index in [1.807, 2.05) is 0 Å². The van der Waals surface area contributed by atoms with Gasteiger partial charge in [0.15, 0.2) is 0 Å². The molecule has 1 rings (SSSR count). The molecule has 0 radical (unpaired) electrons. The zero-order valence-corrected chi connectivity index (χ0v) is 9.48. The lowest BCUT2D eigenvalue weighted by atomic mass is 10.2. The van der Waals surface area contributed by atoms with Crippen molar-refractivity contribution in [2.75, 3.05) is 19.5 Å². The van der Waals surface area contributed by atoms with Crippen molar-refractivity contribution in [2.24, 2.45) is 0 Å². The first-order valence-corrected chi connectivity index (χ1v) is 4.74. The number of carbonyl (C=O) groups excluding carboxylic acids is 2. The Morgan fingerprint density at radius 3 is 2.62 bits per heavy atom. The highest BCUT2D eigenvalue weighted by Gasteiger charge is 2.11. The Labute approximate surface area is 94.0 Å². The van der Waals surface area contributed by atoms with Gasteiger partial charge in [-0.2, -0.15) is 0 Å². The van der Waals surface area contributed by atoms with E-state index in [0.29, 0.717) is 11.3 Å². The van der Waals surface area contributed by atoms with Crippen LogP contribution < -0.4 is 5.32 Å². The third-order valence-electron chi connectivity index (χ3n) is 1.99. The fourth-order valence-corrected chi connectivity index (χ4v) is 1.20. The first kappa shape index (κ1) is 12.2. The number of hydrogen-bond acceptors (Lipinski definition) is 3. The topological polar surface area (TPSA) is 58.6 Å². The molecule has 0 unspecified atom stereocenters. The normalized spacial score (nSPS) is 9.69. The number of rotatable bonds is 3. The molecule has 1 aromatic rings. The molecule has 0 spiro atoms. The van der Waals surface area contributed by atoms with Crippen LogP contribution in [0.15, 0.2) is 24.3 Å². The lowest BCUT2D eigenvalue weighted by Gasteiger charge is -2.14. The predicted octanol–water partition coefficient (Wildman–Crippen LogP) is 1.28. The lowest BCUT2D eigenvalue weighted by molar-refractivity contribution is -0.114. The number of amides is 2. The summed E-state index contributed by atoms with van der Waals surface area (Å²) >= 11 is 0. The van der Waals surface area contributed by atoms with Crippen molar-refractivity contribution < 1.29 is 14.4 Å². The average Bonchev–Trinajstić information content (AvgIpc) is 2.26. The van der Waals surface area contributed by atoms with Gasteiger partial charge in [-0.1, -0.05) is 6.07 Å². The molecule has 0 aliphatic heterocycles. The summed E-state index contributed by atoms with van der Waals surface area (Å²) in [4.78, 5) is 27.3. The summed E-state index contributed by atoms with van der Waals surface area (Å²) in [5.41, 5.74) is 1.04. The summed E-state index contributed by atoms with van der Waals surface area (Å²) < 4.78 is 0. The van der Waals surface area contributed by atoms with Crippen LogP contribution in [0.3, 0.4) is 0 Å². The molecular weight excluding hydrogens is 208 g/mol. The minimum absolute atomic E-state index is 0.176. The van der Waals surface area contributed by atoms with Crippen molar-refractivity contribution in [3.8, 4) is 0 Å². The highest BCUT2D eigenvalue weighted by atomic mass is 16.7. The molecule has 0 saturated carbocycles. The monoisotopic (exact) mass is 222 g/mol. The van der Waals surface area contributed by atoms with E-state index in [4.69, 9.17) is 4.84 Å². The maximum atomic E-state index is 11.7. The van der Waals surface area contributed by atoms with Gasteiger partial charge in [-0.25, -0.2) is 5.06 Å². The van der Waals surface area contributed by atoms with Crippen molar-refractivity contribution in [1.29, 1.82) is 0 Å². The molecule has 0 aliphatic rings. The van der Waals surface area contributed by atoms with Gasteiger partial charge in [0.1, 0.15) is 0 Å². The first-order valence-electron chi connectivity index (χ1n) is 4.74. The molecule has 86 valence electrons. The fraction of sp³-hybridized carbons (Fsp3) is 0.273. The Balaban J connectivity index is 2.89. The van der Waals surface area contributed by atoms with Crippen molar-refractivity contribution >= 4 is 17.5 Å². The highest BCUT2D eigenvalue weighted by molar-refractivity contribution is 5.96. The van der Waals surface area contributed by atoms with Crippen molar-refractivity contribution in [3.05, 3.63) is 29.8 Å². The van der Waals surface area contributed by atoms with Gasteiger partial charge in [-0.05, 0) is 18.2 Å². The predicted molar refractivity (Wildman–Crippen MR) is 59.8 cm³/mol. The van der Waals surface area contributed by atoms with E-state index in [-0.39, 0.29) is 11.8 Å². The van der Waals surface area contributed by atoms with E-state index in [2.05, 4.69) is 5.32 Å². The maximum Gasteiger partial charge on any atom is 0.277 e. The van der Waals surface area contributed by atoms with E-state index < -0.39 is 0 Å². The molecule has 0 saturated heterocycles. The molecule has 5 heteroatoms. The Morgan fingerprint density at radius 1 is 1.38 bits per heavy atom. The molecule has 0 aromatic heterocycles. The van der Waals surface area contributed by atoms with Crippen LogP contribution >= 0.6 is 0 Å². The van der Waals surface area contributed by atoms with E-state index in [9.17, 15) is 9.59 Å². The highest BCUT2D eigenvalue weighted by Crippen LogP contribution is 2.12. The van der Waals surface area contributed by atoms with Crippen LogP contribution in [0.25, 0.3) is 0 Å². The number of hydrogen-bond donors (Lipinski definition) is 1. The number of carbonyl (C=O) groups is 2.